The first kappa shape index (κ1) is 10.6. The van der Waals surface area contributed by atoms with Crippen LogP contribution in [0, 0.1) is 0 Å². The van der Waals surface area contributed by atoms with E-state index in [1.54, 1.807) is 0 Å². The quantitative estimate of drug-likeness (QED) is 0.805. The molecule has 0 spiro atoms. The number of aryl methyl sites for hydroxylation is 1. The van der Waals surface area contributed by atoms with E-state index in [0.717, 1.165) is 18.1 Å². The molecule has 2 nitrogen and oxygen atoms in total. The van der Waals surface area contributed by atoms with Crippen molar-refractivity contribution in [3.8, 4) is 0 Å². The van der Waals surface area contributed by atoms with Gasteiger partial charge in [0.2, 0.25) is 0 Å². The maximum atomic E-state index is 6.03. The SMILES string of the molecule is Clc1ccc2c(c1)CCC2N1CCNCC1. The van der Waals surface area contributed by atoms with Crippen LogP contribution in [0.2, 0.25) is 5.02 Å². The minimum atomic E-state index is 0.634. The van der Waals surface area contributed by atoms with Gasteiger partial charge in [-0.25, -0.2) is 0 Å². The molecule has 86 valence electrons. The second kappa shape index (κ2) is 4.36. The molecule has 2 aliphatic rings. The molecule has 1 atom stereocenters. The van der Waals surface area contributed by atoms with Gasteiger partial charge in [0.15, 0.2) is 0 Å². The Morgan fingerprint density at radius 3 is 2.88 bits per heavy atom. The maximum absolute atomic E-state index is 6.03. The third kappa shape index (κ3) is 1.86. The van der Waals surface area contributed by atoms with Gasteiger partial charge in [-0.3, -0.25) is 4.90 Å². The van der Waals surface area contributed by atoms with Gasteiger partial charge >= 0.3 is 0 Å². The van der Waals surface area contributed by atoms with Crippen LogP contribution < -0.4 is 5.32 Å². The van der Waals surface area contributed by atoms with E-state index in [0.29, 0.717) is 6.04 Å². The molecule has 1 aliphatic heterocycles. The third-order valence-corrected chi connectivity index (χ3v) is 3.98. The summed E-state index contributed by atoms with van der Waals surface area (Å²) in [5.74, 6) is 0. The second-order valence-corrected chi connectivity index (χ2v) is 5.12. The number of piperazine rings is 1. The number of fused-ring (bicyclic) bond motifs is 1. The summed E-state index contributed by atoms with van der Waals surface area (Å²) in [7, 11) is 0. The fourth-order valence-electron chi connectivity index (χ4n) is 2.94. The molecule has 0 bridgehead atoms. The zero-order valence-electron chi connectivity index (χ0n) is 9.38. The van der Waals surface area contributed by atoms with E-state index in [1.165, 1.54) is 37.1 Å². The molecule has 16 heavy (non-hydrogen) atoms. The minimum absolute atomic E-state index is 0.634. The predicted octanol–water partition coefficient (Wildman–Crippen LogP) is 2.23. The van der Waals surface area contributed by atoms with Crippen LogP contribution in [-0.4, -0.2) is 31.1 Å². The van der Waals surface area contributed by atoms with E-state index >= 15 is 0 Å². The topological polar surface area (TPSA) is 15.3 Å². The average molecular weight is 237 g/mol. The summed E-state index contributed by atoms with van der Waals surface area (Å²) in [6.07, 6.45) is 2.44. The number of nitrogens with zero attached hydrogens (tertiary/aromatic N) is 1. The van der Waals surface area contributed by atoms with E-state index in [4.69, 9.17) is 11.6 Å². The van der Waals surface area contributed by atoms with Gasteiger partial charge < -0.3 is 5.32 Å². The molecule has 0 saturated carbocycles. The Morgan fingerprint density at radius 1 is 1.25 bits per heavy atom. The average Bonchev–Trinajstić information content (AvgIpc) is 2.73. The van der Waals surface area contributed by atoms with Crippen LogP contribution in [0.5, 0.6) is 0 Å². The van der Waals surface area contributed by atoms with Gasteiger partial charge in [-0.05, 0) is 36.1 Å². The molecule has 3 heteroatoms. The van der Waals surface area contributed by atoms with Crippen molar-refractivity contribution in [2.45, 2.75) is 18.9 Å². The van der Waals surface area contributed by atoms with E-state index in [1.807, 2.05) is 6.07 Å². The van der Waals surface area contributed by atoms with Crippen molar-refractivity contribution in [3.63, 3.8) is 0 Å². The summed E-state index contributed by atoms with van der Waals surface area (Å²) in [5.41, 5.74) is 2.96. The van der Waals surface area contributed by atoms with Crippen molar-refractivity contribution >= 4 is 11.6 Å². The highest BCUT2D eigenvalue weighted by molar-refractivity contribution is 6.30. The van der Waals surface area contributed by atoms with Crippen LogP contribution in [0.4, 0.5) is 0 Å². The fraction of sp³-hybridized carbons (Fsp3) is 0.538. The zero-order chi connectivity index (χ0) is 11.0. The molecule has 1 fully saturated rings. The Morgan fingerprint density at radius 2 is 2.06 bits per heavy atom. The second-order valence-electron chi connectivity index (χ2n) is 4.68. The molecule has 0 amide bonds. The number of nitrogens with one attached hydrogen (secondary N) is 1. The number of rotatable bonds is 1. The Labute approximate surface area is 102 Å². The van der Waals surface area contributed by atoms with Crippen molar-refractivity contribution in [3.05, 3.63) is 34.3 Å². The fourth-order valence-corrected chi connectivity index (χ4v) is 3.13. The van der Waals surface area contributed by atoms with Crippen LogP contribution in [0.25, 0.3) is 0 Å². The van der Waals surface area contributed by atoms with Gasteiger partial charge in [0, 0.05) is 37.2 Å². The number of hydrogen-bond donors (Lipinski definition) is 1. The Hall–Kier alpha value is -0.570. The molecule has 0 radical (unpaired) electrons. The van der Waals surface area contributed by atoms with Gasteiger partial charge in [0.1, 0.15) is 0 Å². The number of hydrogen-bond acceptors (Lipinski definition) is 2. The smallest absolute Gasteiger partial charge is 0.0408 e. The zero-order valence-corrected chi connectivity index (χ0v) is 10.1. The van der Waals surface area contributed by atoms with Crippen LogP contribution in [0.3, 0.4) is 0 Å². The lowest BCUT2D eigenvalue weighted by Gasteiger charge is -2.33. The van der Waals surface area contributed by atoms with E-state index in [9.17, 15) is 0 Å². The molecule has 1 N–H and O–H groups in total. The monoisotopic (exact) mass is 236 g/mol. The van der Waals surface area contributed by atoms with Gasteiger partial charge in [-0.1, -0.05) is 17.7 Å². The van der Waals surface area contributed by atoms with Crippen LogP contribution >= 0.6 is 11.6 Å². The predicted molar refractivity (Wildman–Crippen MR) is 67.0 cm³/mol. The first-order valence-electron chi connectivity index (χ1n) is 6.08. The van der Waals surface area contributed by atoms with E-state index in [-0.39, 0.29) is 0 Å². The van der Waals surface area contributed by atoms with Crippen molar-refractivity contribution in [2.75, 3.05) is 26.2 Å². The summed E-state index contributed by atoms with van der Waals surface area (Å²) in [4.78, 5) is 2.61. The van der Waals surface area contributed by atoms with E-state index < -0.39 is 0 Å². The van der Waals surface area contributed by atoms with Crippen molar-refractivity contribution < 1.29 is 0 Å². The van der Waals surface area contributed by atoms with Crippen molar-refractivity contribution in [1.82, 2.24) is 10.2 Å². The highest BCUT2D eigenvalue weighted by atomic mass is 35.5. The Balaban J connectivity index is 1.84. The lowest BCUT2D eigenvalue weighted by Crippen LogP contribution is -2.44. The normalized spacial score (nSPS) is 25.7. The molecule has 3 rings (SSSR count). The van der Waals surface area contributed by atoms with Crippen molar-refractivity contribution in [1.29, 1.82) is 0 Å². The lowest BCUT2D eigenvalue weighted by molar-refractivity contribution is 0.173. The first-order valence-corrected chi connectivity index (χ1v) is 6.45. The molecule has 1 saturated heterocycles. The summed E-state index contributed by atoms with van der Waals surface area (Å²) in [6.45, 7) is 4.60. The molecule has 1 aliphatic carbocycles. The highest BCUT2D eigenvalue weighted by Crippen LogP contribution is 2.36. The molecule has 0 aromatic heterocycles. The van der Waals surface area contributed by atoms with Gasteiger partial charge in [-0.15, -0.1) is 0 Å². The van der Waals surface area contributed by atoms with Crippen LogP contribution in [0.15, 0.2) is 18.2 Å². The highest BCUT2D eigenvalue weighted by Gasteiger charge is 2.28. The molecular weight excluding hydrogens is 220 g/mol. The van der Waals surface area contributed by atoms with Gasteiger partial charge in [0.25, 0.3) is 0 Å². The lowest BCUT2D eigenvalue weighted by atomic mass is 10.1. The molecule has 1 heterocycles. The summed E-state index contributed by atoms with van der Waals surface area (Å²) >= 11 is 6.03. The molecule has 1 aromatic carbocycles. The van der Waals surface area contributed by atoms with Gasteiger partial charge in [0.05, 0.1) is 0 Å². The van der Waals surface area contributed by atoms with Crippen molar-refractivity contribution in [2.24, 2.45) is 0 Å². The molecular formula is C13H17ClN2. The minimum Gasteiger partial charge on any atom is -0.314 e. The summed E-state index contributed by atoms with van der Waals surface area (Å²) in [5, 5.41) is 4.28. The maximum Gasteiger partial charge on any atom is 0.0408 e. The number of halogens is 1. The summed E-state index contributed by atoms with van der Waals surface area (Å²) in [6, 6.07) is 7.02. The molecule has 1 aromatic rings. The van der Waals surface area contributed by atoms with E-state index in [2.05, 4.69) is 22.3 Å². The Kier molecular flexibility index (Phi) is 2.88. The van der Waals surface area contributed by atoms with Gasteiger partial charge in [-0.2, -0.15) is 0 Å². The van der Waals surface area contributed by atoms with Crippen LogP contribution in [0.1, 0.15) is 23.6 Å². The summed E-state index contributed by atoms with van der Waals surface area (Å²) < 4.78 is 0. The van der Waals surface area contributed by atoms with Crippen LogP contribution in [-0.2, 0) is 6.42 Å². The largest absolute Gasteiger partial charge is 0.314 e. The standard InChI is InChI=1S/C13H17ClN2/c14-11-2-3-12-10(9-11)1-4-13(12)16-7-5-15-6-8-16/h2-3,9,13,15H,1,4-8H2. The third-order valence-electron chi connectivity index (χ3n) is 3.74. The Bertz CT molecular complexity index is 386. The first-order chi connectivity index (χ1) is 7.84. The number of benzene rings is 1. The molecule has 1 unspecified atom stereocenters.